The van der Waals surface area contributed by atoms with Crippen LogP contribution in [0.3, 0.4) is 0 Å². The summed E-state index contributed by atoms with van der Waals surface area (Å²) < 4.78 is 10.5. The molecule has 4 nitrogen and oxygen atoms in total. The second kappa shape index (κ2) is 5.84. The maximum absolute atomic E-state index is 8.53. The van der Waals surface area contributed by atoms with Gasteiger partial charge >= 0.3 is 0 Å². The molecule has 0 bridgehead atoms. The largest absolute Gasteiger partial charge is 0.394 e. The zero-order valence-electron chi connectivity index (χ0n) is 9.24. The molecule has 0 saturated heterocycles. The number of ether oxygens (including phenoxy) is 2. The van der Waals surface area contributed by atoms with Crippen LogP contribution in [0, 0.1) is 0 Å². The lowest BCUT2D eigenvalue weighted by Gasteiger charge is -2.08. The fourth-order valence-electron chi connectivity index (χ4n) is 1.72. The second-order valence-corrected chi connectivity index (χ2v) is 3.74. The molecule has 0 spiro atoms. The lowest BCUT2D eigenvalue weighted by Crippen LogP contribution is -2.11. The number of anilines is 1. The van der Waals surface area contributed by atoms with Crippen LogP contribution in [-0.4, -0.2) is 31.5 Å². The SMILES string of the molecule is OCCOCCNc1ccc2c(c1)COC2. The van der Waals surface area contributed by atoms with Gasteiger partial charge in [0.2, 0.25) is 0 Å². The van der Waals surface area contributed by atoms with Gasteiger partial charge in [-0.05, 0) is 23.3 Å². The van der Waals surface area contributed by atoms with E-state index in [0.29, 0.717) is 19.8 Å². The van der Waals surface area contributed by atoms with E-state index in [2.05, 4.69) is 23.5 Å². The van der Waals surface area contributed by atoms with Crippen molar-refractivity contribution < 1.29 is 14.6 Å². The first-order chi connectivity index (χ1) is 7.90. The van der Waals surface area contributed by atoms with E-state index in [0.717, 1.165) is 18.8 Å². The molecule has 1 aromatic carbocycles. The Labute approximate surface area is 95.2 Å². The number of nitrogens with one attached hydrogen (secondary N) is 1. The van der Waals surface area contributed by atoms with Crippen LogP contribution in [0.5, 0.6) is 0 Å². The quantitative estimate of drug-likeness (QED) is 0.710. The monoisotopic (exact) mass is 223 g/mol. The van der Waals surface area contributed by atoms with Gasteiger partial charge in [-0.2, -0.15) is 0 Å². The van der Waals surface area contributed by atoms with Crippen LogP contribution in [-0.2, 0) is 22.7 Å². The molecular formula is C12H17NO3. The minimum absolute atomic E-state index is 0.0795. The Morgan fingerprint density at radius 3 is 3.00 bits per heavy atom. The van der Waals surface area contributed by atoms with Gasteiger partial charge in [0.15, 0.2) is 0 Å². The Morgan fingerprint density at radius 1 is 1.25 bits per heavy atom. The zero-order valence-corrected chi connectivity index (χ0v) is 9.24. The van der Waals surface area contributed by atoms with Crippen LogP contribution in [0.25, 0.3) is 0 Å². The van der Waals surface area contributed by atoms with Crippen molar-refractivity contribution in [3.63, 3.8) is 0 Å². The number of fused-ring (bicyclic) bond motifs is 1. The van der Waals surface area contributed by atoms with Gasteiger partial charge in [0, 0.05) is 12.2 Å². The number of aliphatic hydroxyl groups excluding tert-OH is 1. The standard InChI is InChI=1S/C12H17NO3/c14-4-6-15-5-3-13-12-2-1-10-8-16-9-11(10)7-12/h1-2,7,13-14H,3-6,8-9H2. The zero-order chi connectivity index (χ0) is 11.2. The Kier molecular flexibility index (Phi) is 4.16. The molecule has 0 unspecified atom stereocenters. The molecule has 1 aromatic rings. The summed E-state index contributed by atoms with van der Waals surface area (Å²) in [5.41, 5.74) is 3.64. The van der Waals surface area contributed by atoms with Crippen molar-refractivity contribution in [2.75, 3.05) is 31.7 Å². The summed E-state index contributed by atoms with van der Waals surface area (Å²) >= 11 is 0. The van der Waals surface area contributed by atoms with E-state index < -0.39 is 0 Å². The third kappa shape index (κ3) is 2.95. The van der Waals surface area contributed by atoms with Gasteiger partial charge < -0.3 is 19.9 Å². The summed E-state index contributed by atoms with van der Waals surface area (Å²) in [5.74, 6) is 0. The molecule has 0 saturated carbocycles. The number of aliphatic hydroxyl groups is 1. The molecule has 2 rings (SSSR count). The van der Waals surface area contributed by atoms with Crippen LogP contribution >= 0.6 is 0 Å². The van der Waals surface area contributed by atoms with Crippen LogP contribution in [0.1, 0.15) is 11.1 Å². The molecule has 0 amide bonds. The Morgan fingerprint density at radius 2 is 2.12 bits per heavy atom. The lowest BCUT2D eigenvalue weighted by atomic mass is 10.1. The van der Waals surface area contributed by atoms with Crippen LogP contribution in [0.15, 0.2) is 18.2 Å². The van der Waals surface area contributed by atoms with Crippen LogP contribution < -0.4 is 5.32 Å². The predicted octanol–water partition coefficient (Wildman–Crippen LogP) is 1.14. The molecule has 0 aromatic heterocycles. The number of hydrogen-bond acceptors (Lipinski definition) is 4. The Bertz CT molecular complexity index is 341. The molecule has 16 heavy (non-hydrogen) atoms. The van der Waals surface area contributed by atoms with E-state index in [4.69, 9.17) is 14.6 Å². The smallest absolute Gasteiger partial charge is 0.0725 e. The molecule has 1 aliphatic heterocycles. The minimum atomic E-state index is 0.0795. The molecule has 1 heterocycles. The molecule has 88 valence electrons. The van der Waals surface area contributed by atoms with E-state index in [1.165, 1.54) is 11.1 Å². The highest BCUT2D eigenvalue weighted by Gasteiger charge is 2.10. The molecule has 1 aliphatic rings. The van der Waals surface area contributed by atoms with E-state index >= 15 is 0 Å². The van der Waals surface area contributed by atoms with Gasteiger partial charge in [-0.3, -0.25) is 0 Å². The Balaban J connectivity index is 1.77. The number of hydrogen-bond donors (Lipinski definition) is 2. The van der Waals surface area contributed by atoms with Gasteiger partial charge in [-0.15, -0.1) is 0 Å². The molecule has 2 N–H and O–H groups in total. The third-order valence-corrected chi connectivity index (χ3v) is 2.53. The molecule has 0 fully saturated rings. The molecule has 0 atom stereocenters. The summed E-state index contributed by atoms with van der Waals surface area (Å²) in [5, 5.41) is 11.8. The molecule has 4 heteroatoms. The van der Waals surface area contributed by atoms with Gasteiger partial charge in [0.25, 0.3) is 0 Å². The first-order valence-corrected chi connectivity index (χ1v) is 5.52. The average Bonchev–Trinajstić information content (AvgIpc) is 2.76. The molecular weight excluding hydrogens is 206 g/mol. The summed E-state index contributed by atoms with van der Waals surface area (Å²) in [4.78, 5) is 0. The highest BCUT2D eigenvalue weighted by atomic mass is 16.5. The predicted molar refractivity (Wildman–Crippen MR) is 61.3 cm³/mol. The highest BCUT2D eigenvalue weighted by Crippen LogP contribution is 2.22. The normalized spacial score (nSPS) is 13.8. The number of benzene rings is 1. The van der Waals surface area contributed by atoms with E-state index in [1.54, 1.807) is 0 Å². The summed E-state index contributed by atoms with van der Waals surface area (Å²) in [6.07, 6.45) is 0. The third-order valence-electron chi connectivity index (χ3n) is 2.53. The van der Waals surface area contributed by atoms with Crippen molar-refractivity contribution in [3.05, 3.63) is 29.3 Å². The Hall–Kier alpha value is -1.10. The highest BCUT2D eigenvalue weighted by molar-refractivity contribution is 5.49. The van der Waals surface area contributed by atoms with Gasteiger partial charge in [-0.1, -0.05) is 6.07 Å². The van der Waals surface area contributed by atoms with Crippen molar-refractivity contribution in [1.82, 2.24) is 0 Å². The maximum Gasteiger partial charge on any atom is 0.0725 e. The first kappa shape index (κ1) is 11.4. The first-order valence-electron chi connectivity index (χ1n) is 5.52. The van der Waals surface area contributed by atoms with Crippen molar-refractivity contribution in [1.29, 1.82) is 0 Å². The van der Waals surface area contributed by atoms with Crippen LogP contribution in [0.2, 0.25) is 0 Å². The van der Waals surface area contributed by atoms with Gasteiger partial charge in [0.05, 0.1) is 33.0 Å². The summed E-state index contributed by atoms with van der Waals surface area (Å²) in [6.45, 7) is 3.28. The summed E-state index contributed by atoms with van der Waals surface area (Å²) in [6, 6.07) is 6.27. The van der Waals surface area contributed by atoms with Crippen LogP contribution in [0.4, 0.5) is 5.69 Å². The van der Waals surface area contributed by atoms with E-state index in [1.807, 2.05) is 0 Å². The fourth-order valence-corrected chi connectivity index (χ4v) is 1.72. The topological polar surface area (TPSA) is 50.7 Å². The van der Waals surface area contributed by atoms with Crippen molar-refractivity contribution in [3.8, 4) is 0 Å². The maximum atomic E-state index is 8.53. The van der Waals surface area contributed by atoms with Crippen molar-refractivity contribution in [2.24, 2.45) is 0 Å². The van der Waals surface area contributed by atoms with E-state index in [-0.39, 0.29) is 6.61 Å². The molecule has 0 aliphatic carbocycles. The molecule has 0 radical (unpaired) electrons. The second-order valence-electron chi connectivity index (χ2n) is 3.74. The average molecular weight is 223 g/mol. The number of rotatable bonds is 6. The fraction of sp³-hybridized carbons (Fsp3) is 0.500. The van der Waals surface area contributed by atoms with Crippen molar-refractivity contribution >= 4 is 5.69 Å². The summed E-state index contributed by atoms with van der Waals surface area (Å²) in [7, 11) is 0. The van der Waals surface area contributed by atoms with Gasteiger partial charge in [-0.25, -0.2) is 0 Å². The minimum Gasteiger partial charge on any atom is -0.394 e. The van der Waals surface area contributed by atoms with E-state index in [9.17, 15) is 0 Å². The van der Waals surface area contributed by atoms with Crippen molar-refractivity contribution in [2.45, 2.75) is 13.2 Å². The lowest BCUT2D eigenvalue weighted by molar-refractivity contribution is 0.0992. The van der Waals surface area contributed by atoms with Gasteiger partial charge in [0.1, 0.15) is 0 Å².